The van der Waals surface area contributed by atoms with Crippen LogP contribution in [0.5, 0.6) is 0 Å². The number of ether oxygens (including phenoxy) is 1. The van der Waals surface area contributed by atoms with Crippen LogP contribution in [0.4, 0.5) is 0 Å². The fourth-order valence-corrected chi connectivity index (χ4v) is 0.822. The van der Waals surface area contributed by atoms with Gasteiger partial charge >= 0.3 is 0 Å². The molecule has 0 fully saturated rings. The summed E-state index contributed by atoms with van der Waals surface area (Å²) in [6.07, 6.45) is -1.47. The molecule has 0 saturated carbocycles. The minimum Gasteiger partial charge on any atom is -0.481 e. The van der Waals surface area contributed by atoms with E-state index in [0.29, 0.717) is 0 Å². The molecule has 4 nitrogen and oxygen atoms in total. The third-order valence-electron chi connectivity index (χ3n) is 1.45. The first-order valence-electron chi connectivity index (χ1n) is 3.05. The molecule has 1 aliphatic heterocycles. The van der Waals surface area contributed by atoms with E-state index in [0.717, 1.165) is 6.08 Å². The van der Waals surface area contributed by atoms with Crippen molar-refractivity contribution in [3.63, 3.8) is 0 Å². The summed E-state index contributed by atoms with van der Waals surface area (Å²) in [7, 11) is 0. The highest BCUT2D eigenvalue weighted by Crippen LogP contribution is 2.15. The summed E-state index contributed by atoms with van der Waals surface area (Å²) in [5, 5.41) is 26.7. The molecule has 0 bridgehead atoms. The van der Waals surface area contributed by atoms with Crippen LogP contribution in [-0.2, 0) is 4.74 Å². The van der Waals surface area contributed by atoms with Gasteiger partial charge in [-0.15, -0.1) is 0 Å². The van der Waals surface area contributed by atoms with Crippen LogP contribution in [0.25, 0.3) is 0 Å². The van der Waals surface area contributed by atoms with E-state index in [1.165, 1.54) is 0 Å². The van der Waals surface area contributed by atoms with E-state index in [2.05, 4.69) is 4.74 Å². The maximum absolute atomic E-state index is 9.03. The smallest absolute Gasteiger partial charge is 0.275 e. The molecule has 0 unspecified atom stereocenters. The van der Waals surface area contributed by atoms with E-state index in [9.17, 15) is 0 Å². The molecule has 0 aromatic carbocycles. The molecule has 1 heterocycles. The van der Waals surface area contributed by atoms with E-state index in [4.69, 9.17) is 15.3 Å². The second-order valence-corrected chi connectivity index (χ2v) is 2.31. The Labute approximate surface area is 58.4 Å². The maximum atomic E-state index is 9.03. The normalized spacial score (nSPS) is 40.3. The van der Waals surface area contributed by atoms with Gasteiger partial charge in [-0.2, -0.15) is 0 Å². The molecule has 0 radical (unpaired) electrons. The van der Waals surface area contributed by atoms with Crippen molar-refractivity contribution in [1.29, 1.82) is 0 Å². The van der Waals surface area contributed by atoms with Gasteiger partial charge < -0.3 is 20.1 Å². The lowest BCUT2D eigenvalue weighted by atomic mass is 10.1. The molecule has 0 aliphatic carbocycles. The van der Waals surface area contributed by atoms with Crippen LogP contribution >= 0.6 is 0 Å². The van der Waals surface area contributed by atoms with Crippen LogP contribution in [0.15, 0.2) is 12.0 Å². The molecule has 0 saturated heterocycles. The Morgan fingerprint density at radius 2 is 2.10 bits per heavy atom. The van der Waals surface area contributed by atoms with Gasteiger partial charge in [-0.1, -0.05) is 0 Å². The van der Waals surface area contributed by atoms with Gasteiger partial charge in [0.25, 0.3) is 5.95 Å². The zero-order valence-corrected chi connectivity index (χ0v) is 5.56. The van der Waals surface area contributed by atoms with Gasteiger partial charge in [-0.25, -0.2) is 0 Å². The molecule has 1 rings (SSSR count). The fourth-order valence-electron chi connectivity index (χ4n) is 0.822. The minimum atomic E-state index is -1.02. The lowest BCUT2D eigenvalue weighted by molar-refractivity contribution is -0.0932. The fraction of sp³-hybridized carbons (Fsp3) is 0.667. The Kier molecular flexibility index (Phi) is 1.82. The van der Waals surface area contributed by atoms with Crippen molar-refractivity contribution >= 4 is 0 Å². The highest BCUT2D eigenvalue weighted by Gasteiger charge is 2.28. The van der Waals surface area contributed by atoms with Crippen LogP contribution in [0.2, 0.25) is 0 Å². The Bertz CT molecular complexity index is 154. The Morgan fingerprint density at radius 1 is 1.50 bits per heavy atom. The monoisotopic (exact) mass is 146 g/mol. The molecule has 3 atom stereocenters. The van der Waals surface area contributed by atoms with E-state index < -0.39 is 18.3 Å². The summed E-state index contributed by atoms with van der Waals surface area (Å²) in [5.74, 6) is -0.328. The molecular formula is C6H10O4. The molecular weight excluding hydrogens is 136 g/mol. The second kappa shape index (κ2) is 2.48. The van der Waals surface area contributed by atoms with Crippen molar-refractivity contribution in [1.82, 2.24) is 0 Å². The lowest BCUT2D eigenvalue weighted by Crippen LogP contribution is -2.39. The molecule has 0 amide bonds. The first kappa shape index (κ1) is 7.37. The lowest BCUT2D eigenvalue weighted by Gasteiger charge is -2.26. The molecule has 1 aliphatic rings. The molecule has 3 N–H and O–H groups in total. The van der Waals surface area contributed by atoms with Crippen molar-refractivity contribution in [3.05, 3.63) is 12.0 Å². The number of aliphatic hydroxyl groups excluding tert-OH is 3. The van der Waals surface area contributed by atoms with Gasteiger partial charge in [0.1, 0.15) is 18.3 Å². The van der Waals surface area contributed by atoms with E-state index >= 15 is 0 Å². The van der Waals surface area contributed by atoms with Crippen LogP contribution < -0.4 is 0 Å². The third-order valence-corrected chi connectivity index (χ3v) is 1.45. The molecule has 4 heteroatoms. The van der Waals surface area contributed by atoms with Crippen molar-refractivity contribution in [2.75, 3.05) is 0 Å². The standard InChI is InChI=1S/C6H10O4/c1-3-6(9)4(7)2-5(8)10-3/h2-4,6-9H,1H3/t3-,4+,6-/m1/s1. The molecule has 10 heavy (non-hydrogen) atoms. The predicted octanol–water partition coefficient (Wildman–Crippen LogP) is -0.474. The average molecular weight is 146 g/mol. The Morgan fingerprint density at radius 3 is 2.60 bits per heavy atom. The number of hydrogen-bond donors (Lipinski definition) is 3. The van der Waals surface area contributed by atoms with Gasteiger partial charge in [-0.05, 0) is 6.92 Å². The molecule has 0 spiro atoms. The zero-order chi connectivity index (χ0) is 7.72. The van der Waals surface area contributed by atoms with Crippen molar-refractivity contribution in [3.8, 4) is 0 Å². The summed E-state index contributed by atoms with van der Waals surface area (Å²) in [6, 6.07) is 0. The molecule has 0 aromatic rings. The van der Waals surface area contributed by atoms with E-state index in [1.54, 1.807) is 6.92 Å². The topological polar surface area (TPSA) is 69.9 Å². The second-order valence-electron chi connectivity index (χ2n) is 2.31. The van der Waals surface area contributed by atoms with Crippen molar-refractivity contribution in [2.45, 2.75) is 25.2 Å². The first-order chi connectivity index (χ1) is 4.61. The number of hydrogen-bond acceptors (Lipinski definition) is 4. The minimum absolute atomic E-state index is 0.328. The van der Waals surface area contributed by atoms with Crippen LogP contribution in [-0.4, -0.2) is 33.6 Å². The molecule has 0 aromatic heterocycles. The largest absolute Gasteiger partial charge is 0.481 e. The summed E-state index contributed by atoms with van der Waals surface area (Å²) in [5.41, 5.74) is 0. The van der Waals surface area contributed by atoms with E-state index in [1.807, 2.05) is 0 Å². The van der Waals surface area contributed by atoms with E-state index in [-0.39, 0.29) is 5.95 Å². The maximum Gasteiger partial charge on any atom is 0.275 e. The third kappa shape index (κ3) is 1.22. The predicted molar refractivity (Wildman–Crippen MR) is 33.3 cm³/mol. The Hall–Kier alpha value is -0.740. The number of aliphatic hydroxyl groups is 3. The van der Waals surface area contributed by atoms with Crippen LogP contribution in [0.3, 0.4) is 0 Å². The summed E-state index contributed by atoms with van der Waals surface area (Å²) < 4.78 is 4.68. The van der Waals surface area contributed by atoms with Gasteiger partial charge in [0.2, 0.25) is 0 Å². The quantitative estimate of drug-likeness (QED) is 0.432. The van der Waals surface area contributed by atoms with Crippen molar-refractivity contribution in [2.24, 2.45) is 0 Å². The average Bonchev–Trinajstić information content (AvgIpc) is 1.82. The zero-order valence-electron chi connectivity index (χ0n) is 5.56. The van der Waals surface area contributed by atoms with Crippen molar-refractivity contribution < 1.29 is 20.1 Å². The molecule has 58 valence electrons. The van der Waals surface area contributed by atoms with Gasteiger partial charge in [0.05, 0.1) is 0 Å². The summed E-state index contributed by atoms with van der Waals surface area (Å²) in [6.45, 7) is 1.57. The first-order valence-corrected chi connectivity index (χ1v) is 3.05. The van der Waals surface area contributed by atoms with Gasteiger partial charge in [0, 0.05) is 6.08 Å². The van der Waals surface area contributed by atoms with Gasteiger partial charge in [0.15, 0.2) is 0 Å². The van der Waals surface area contributed by atoms with Crippen LogP contribution in [0, 0.1) is 0 Å². The Balaban J connectivity index is 2.69. The SMILES string of the molecule is C[C@H]1OC(O)=C[C@H](O)[C@@H]1O. The highest BCUT2D eigenvalue weighted by atomic mass is 16.6. The number of rotatable bonds is 0. The summed E-state index contributed by atoms with van der Waals surface area (Å²) >= 11 is 0. The van der Waals surface area contributed by atoms with Crippen LogP contribution in [0.1, 0.15) is 6.92 Å². The summed E-state index contributed by atoms with van der Waals surface area (Å²) in [4.78, 5) is 0. The van der Waals surface area contributed by atoms with Gasteiger partial charge in [-0.3, -0.25) is 0 Å². The highest BCUT2D eigenvalue weighted by molar-refractivity contribution is 4.99.